The Balaban J connectivity index is 1.58. The van der Waals surface area contributed by atoms with Gasteiger partial charge in [0.1, 0.15) is 12.1 Å². The molecule has 0 unspecified atom stereocenters. The van der Waals surface area contributed by atoms with E-state index in [9.17, 15) is 9.18 Å². The monoisotopic (exact) mass is 331 g/mol. The molecule has 7 heteroatoms. The third-order valence-corrected chi connectivity index (χ3v) is 4.84. The van der Waals surface area contributed by atoms with Gasteiger partial charge in [-0.05, 0) is 37.5 Å². The van der Waals surface area contributed by atoms with Crippen molar-refractivity contribution in [3.8, 4) is 0 Å². The van der Waals surface area contributed by atoms with E-state index in [4.69, 9.17) is 0 Å². The van der Waals surface area contributed by atoms with Crippen molar-refractivity contribution in [2.75, 3.05) is 6.54 Å². The third-order valence-electron chi connectivity index (χ3n) is 4.84. The standard InChI is InChI=1S/C17H22FN5O/c1-12(15-22-20-11-23(15)2)21-16(24)19-10-17(8-3-9-17)13-4-6-14(18)7-5-13/h4-7,11-12H,3,8-10H2,1-2H3,(H2,19,21,24)/t12-/m1/s1. The lowest BCUT2D eigenvalue weighted by Gasteiger charge is -2.42. The minimum atomic E-state index is -0.239. The Labute approximate surface area is 140 Å². The first-order valence-electron chi connectivity index (χ1n) is 8.14. The number of aromatic nitrogens is 3. The van der Waals surface area contributed by atoms with Crippen molar-refractivity contribution in [3.63, 3.8) is 0 Å². The van der Waals surface area contributed by atoms with Crippen LogP contribution >= 0.6 is 0 Å². The highest BCUT2D eigenvalue weighted by Gasteiger charge is 2.38. The lowest BCUT2D eigenvalue weighted by Crippen LogP contribution is -2.48. The summed E-state index contributed by atoms with van der Waals surface area (Å²) in [6.07, 6.45) is 4.72. The second kappa shape index (κ2) is 6.59. The van der Waals surface area contributed by atoms with Crippen LogP contribution in [-0.2, 0) is 12.5 Å². The Bertz CT molecular complexity index is 708. The van der Waals surface area contributed by atoms with Crippen LogP contribution in [0, 0.1) is 5.82 Å². The SMILES string of the molecule is C[C@@H](NC(=O)NCC1(c2ccc(F)cc2)CCC1)c1nncn1C. The Morgan fingerprint density at radius 2 is 2.08 bits per heavy atom. The molecule has 1 fully saturated rings. The molecule has 2 aromatic rings. The summed E-state index contributed by atoms with van der Waals surface area (Å²) in [5.41, 5.74) is 0.996. The second-order valence-electron chi connectivity index (χ2n) is 6.49. The highest BCUT2D eigenvalue weighted by atomic mass is 19.1. The zero-order chi connectivity index (χ0) is 17.2. The molecule has 1 aromatic heterocycles. The van der Waals surface area contributed by atoms with Crippen molar-refractivity contribution >= 4 is 6.03 Å². The van der Waals surface area contributed by atoms with Crippen molar-refractivity contribution in [2.24, 2.45) is 7.05 Å². The molecule has 24 heavy (non-hydrogen) atoms. The number of hydrogen-bond donors (Lipinski definition) is 2. The minimum Gasteiger partial charge on any atom is -0.337 e. The van der Waals surface area contributed by atoms with Gasteiger partial charge in [-0.15, -0.1) is 10.2 Å². The fourth-order valence-electron chi connectivity index (χ4n) is 3.22. The van der Waals surface area contributed by atoms with Crippen LogP contribution in [0.25, 0.3) is 0 Å². The number of carbonyl (C=O) groups is 1. The Morgan fingerprint density at radius 3 is 2.62 bits per heavy atom. The van der Waals surface area contributed by atoms with Crippen LogP contribution in [0.4, 0.5) is 9.18 Å². The van der Waals surface area contributed by atoms with E-state index < -0.39 is 0 Å². The maximum Gasteiger partial charge on any atom is 0.315 e. The van der Waals surface area contributed by atoms with Crippen LogP contribution in [0.1, 0.15) is 43.6 Å². The number of carbonyl (C=O) groups excluding carboxylic acids is 1. The predicted octanol–water partition coefficient (Wildman–Crippen LogP) is 2.44. The van der Waals surface area contributed by atoms with Crippen molar-refractivity contribution in [1.82, 2.24) is 25.4 Å². The molecule has 2 N–H and O–H groups in total. The molecule has 0 aliphatic heterocycles. The number of rotatable bonds is 5. The molecule has 1 aromatic carbocycles. The van der Waals surface area contributed by atoms with Crippen LogP contribution in [-0.4, -0.2) is 27.3 Å². The number of aryl methyl sites for hydroxylation is 1. The van der Waals surface area contributed by atoms with Gasteiger partial charge in [-0.25, -0.2) is 9.18 Å². The van der Waals surface area contributed by atoms with E-state index in [2.05, 4.69) is 20.8 Å². The molecule has 128 valence electrons. The van der Waals surface area contributed by atoms with Gasteiger partial charge in [0.15, 0.2) is 5.82 Å². The minimum absolute atomic E-state index is 0.0843. The molecule has 0 saturated heterocycles. The van der Waals surface area contributed by atoms with Gasteiger partial charge in [0, 0.05) is 19.0 Å². The second-order valence-corrected chi connectivity index (χ2v) is 6.49. The van der Waals surface area contributed by atoms with E-state index in [1.165, 1.54) is 12.1 Å². The Kier molecular flexibility index (Phi) is 4.51. The molecule has 6 nitrogen and oxygen atoms in total. The Morgan fingerprint density at radius 1 is 1.38 bits per heavy atom. The number of nitrogens with one attached hydrogen (secondary N) is 2. The molecule has 1 heterocycles. The van der Waals surface area contributed by atoms with Gasteiger partial charge in [0.2, 0.25) is 0 Å². The fourth-order valence-corrected chi connectivity index (χ4v) is 3.22. The number of nitrogens with zero attached hydrogens (tertiary/aromatic N) is 3. The van der Waals surface area contributed by atoms with E-state index in [1.54, 1.807) is 10.9 Å². The maximum absolute atomic E-state index is 13.1. The lowest BCUT2D eigenvalue weighted by atomic mass is 9.64. The smallest absolute Gasteiger partial charge is 0.315 e. The van der Waals surface area contributed by atoms with E-state index in [-0.39, 0.29) is 23.3 Å². The molecule has 3 rings (SSSR count). The van der Waals surface area contributed by atoms with Crippen LogP contribution in [0.2, 0.25) is 0 Å². The summed E-state index contributed by atoms with van der Waals surface area (Å²) in [5.74, 6) is 0.457. The van der Waals surface area contributed by atoms with Crippen molar-refractivity contribution in [3.05, 3.63) is 47.8 Å². The summed E-state index contributed by atoms with van der Waals surface area (Å²) < 4.78 is 14.9. The molecular formula is C17H22FN5O. The van der Waals surface area contributed by atoms with Gasteiger partial charge in [-0.2, -0.15) is 0 Å². The lowest BCUT2D eigenvalue weighted by molar-refractivity contribution is 0.212. The van der Waals surface area contributed by atoms with E-state index in [0.29, 0.717) is 12.4 Å². The van der Waals surface area contributed by atoms with Crippen LogP contribution in [0.3, 0.4) is 0 Å². The third kappa shape index (κ3) is 3.25. The normalized spacial score (nSPS) is 17.0. The fraction of sp³-hybridized carbons (Fsp3) is 0.471. The molecule has 2 amide bonds. The number of benzene rings is 1. The zero-order valence-electron chi connectivity index (χ0n) is 13.9. The molecule has 1 atom stereocenters. The quantitative estimate of drug-likeness (QED) is 0.884. The summed E-state index contributed by atoms with van der Waals surface area (Å²) in [5, 5.41) is 13.6. The predicted molar refractivity (Wildman–Crippen MR) is 87.9 cm³/mol. The number of amides is 2. The number of halogens is 1. The first-order chi connectivity index (χ1) is 11.5. The van der Waals surface area contributed by atoms with Crippen molar-refractivity contribution < 1.29 is 9.18 Å². The molecule has 0 radical (unpaired) electrons. The molecular weight excluding hydrogens is 309 g/mol. The van der Waals surface area contributed by atoms with Gasteiger partial charge >= 0.3 is 6.03 Å². The Hall–Kier alpha value is -2.44. The van der Waals surface area contributed by atoms with Gasteiger partial charge in [0.05, 0.1) is 6.04 Å². The van der Waals surface area contributed by atoms with Gasteiger partial charge in [0.25, 0.3) is 0 Å². The summed E-state index contributed by atoms with van der Waals surface area (Å²) in [6, 6.07) is 6.11. The van der Waals surface area contributed by atoms with E-state index in [1.807, 2.05) is 26.1 Å². The largest absolute Gasteiger partial charge is 0.337 e. The first kappa shape index (κ1) is 16.4. The van der Waals surface area contributed by atoms with Crippen LogP contribution in [0.5, 0.6) is 0 Å². The summed E-state index contributed by atoms with van der Waals surface area (Å²) >= 11 is 0. The van der Waals surface area contributed by atoms with Crippen molar-refractivity contribution in [2.45, 2.75) is 37.6 Å². The van der Waals surface area contributed by atoms with Gasteiger partial charge in [-0.3, -0.25) is 0 Å². The maximum atomic E-state index is 13.1. The summed E-state index contributed by atoms with van der Waals surface area (Å²) in [4.78, 5) is 12.2. The van der Waals surface area contributed by atoms with Crippen LogP contribution < -0.4 is 10.6 Å². The topological polar surface area (TPSA) is 71.8 Å². The van der Waals surface area contributed by atoms with Gasteiger partial charge < -0.3 is 15.2 Å². The molecule has 0 spiro atoms. The zero-order valence-corrected chi connectivity index (χ0v) is 13.9. The first-order valence-corrected chi connectivity index (χ1v) is 8.14. The van der Waals surface area contributed by atoms with E-state index >= 15 is 0 Å². The molecule has 0 bridgehead atoms. The summed E-state index contributed by atoms with van der Waals surface area (Å²) in [6.45, 7) is 2.40. The molecule has 1 aliphatic carbocycles. The summed E-state index contributed by atoms with van der Waals surface area (Å²) in [7, 11) is 1.84. The highest BCUT2D eigenvalue weighted by Crippen LogP contribution is 2.43. The van der Waals surface area contributed by atoms with Crippen LogP contribution in [0.15, 0.2) is 30.6 Å². The highest BCUT2D eigenvalue weighted by molar-refractivity contribution is 5.74. The number of urea groups is 1. The average molecular weight is 331 g/mol. The molecule has 1 saturated carbocycles. The number of hydrogen-bond acceptors (Lipinski definition) is 3. The van der Waals surface area contributed by atoms with Gasteiger partial charge in [-0.1, -0.05) is 18.6 Å². The molecule has 1 aliphatic rings. The van der Waals surface area contributed by atoms with Crippen molar-refractivity contribution in [1.29, 1.82) is 0 Å². The average Bonchev–Trinajstić information content (AvgIpc) is 2.94. The van der Waals surface area contributed by atoms with E-state index in [0.717, 1.165) is 24.8 Å².